The summed E-state index contributed by atoms with van der Waals surface area (Å²) in [6, 6.07) is 6.29. The van der Waals surface area contributed by atoms with Crippen LogP contribution in [0.5, 0.6) is 0 Å². The molecule has 1 saturated heterocycles. The van der Waals surface area contributed by atoms with E-state index in [1.165, 1.54) is 23.5 Å². The molecule has 2 heterocycles. The summed E-state index contributed by atoms with van der Waals surface area (Å²) < 4.78 is 0. The molecule has 1 aromatic rings. The van der Waals surface area contributed by atoms with Crippen LogP contribution in [0.15, 0.2) is 24.3 Å². The van der Waals surface area contributed by atoms with Gasteiger partial charge in [-0.2, -0.15) is 0 Å². The number of nitrogens with one attached hydrogen (secondary N) is 1. The van der Waals surface area contributed by atoms with E-state index in [0.717, 1.165) is 23.7 Å². The first-order chi connectivity index (χ1) is 11.7. The lowest BCUT2D eigenvalue weighted by molar-refractivity contribution is -0.138. The molecule has 0 aromatic heterocycles. The maximum absolute atomic E-state index is 12.5. The second-order valence-electron chi connectivity index (χ2n) is 6.11. The van der Waals surface area contributed by atoms with E-state index in [2.05, 4.69) is 5.32 Å². The van der Waals surface area contributed by atoms with E-state index in [9.17, 15) is 14.7 Å². The van der Waals surface area contributed by atoms with Gasteiger partial charge in [0.05, 0.1) is 0 Å². The molecule has 130 valence electrons. The number of unbranched alkanes of at least 4 members (excludes halogenated alkanes) is 1. The van der Waals surface area contributed by atoms with Gasteiger partial charge in [-0.15, -0.1) is 0 Å². The van der Waals surface area contributed by atoms with Gasteiger partial charge in [0, 0.05) is 29.7 Å². The zero-order valence-corrected chi connectivity index (χ0v) is 15.1. The van der Waals surface area contributed by atoms with Crippen molar-refractivity contribution < 1.29 is 14.7 Å². The molecule has 7 heteroatoms. The number of anilines is 1. The van der Waals surface area contributed by atoms with Crippen molar-refractivity contribution in [1.29, 1.82) is 0 Å². The normalized spacial score (nSPS) is 22.4. The topological polar surface area (TPSA) is 69.6 Å². The molecule has 2 N–H and O–H groups in total. The van der Waals surface area contributed by atoms with Crippen molar-refractivity contribution in [3.63, 3.8) is 0 Å². The standard InChI is InChI=1S/C17H22N2O3S2/c20-16(21)15-11-12-5-1-2-7-14(12)19(15)17(22)18-9-4-3-6-13-8-10-23-24-13/h1-2,5,7,13,15H,3-4,6,8-11H2,(H,18,22)(H,20,21). The minimum absolute atomic E-state index is 0.307. The Morgan fingerprint density at radius 2 is 2.12 bits per heavy atom. The minimum Gasteiger partial charge on any atom is -0.480 e. The quantitative estimate of drug-likeness (QED) is 0.595. The van der Waals surface area contributed by atoms with Crippen LogP contribution in [0.3, 0.4) is 0 Å². The number of carbonyl (C=O) groups is 2. The average molecular weight is 367 g/mol. The number of urea groups is 1. The highest BCUT2D eigenvalue weighted by Crippen LogP contribution is 2.39. The first kappa shape index (κ1) is 17.5. The Bertz CT molecular complexity index is 605. The van der Waals surface area contributed by atoms with E-state index in [-0.39, 0.29) is 6.03 Å². The Morgan fingerprint density at radius 1 is 1.29 bits per heavy atom. The summed E-state index contributed by atoms with van der Waals surface area (Å²) in [5, 5.41) is 13.1. The molecule has 2 unspecified atom stereocenters. The average Bonchev–Trinajstić information content (AvgIpc) is 3.21. The second kappa shape index (κ2) is 8.16. The van der Waals surface area contributed by atoms with E-state index in [0.29, 0.717) is 18.7 Å². The molecule has 2 aliphatic rings. The number of para-hydroxylation sites is 1. The van der Waals surface area contributed by atoms with Gasteiger partial charge in [-0.05, 0) is 30.9 Å². The van der Waals surface area contributed by atoms with Crippen LogP contribution in [0.4, 0.5) is 10.5 Å². The van der Waals surface area contributed by atoms with Crippen molar-refractivity contribution in [3.05, 3.63) is 29.8 Å². The molecular weight excluding hydrogens is 344 g/mol. The van der Waals surface area contributed by atoms with Crippen LogP contribution in [0.1, 0.15) is 31.2 Å². The predicted molar refractivity (Wildman–Crippen MR) is 99.8 cm³/mol. The van der Waals surface area contributed by atoms with E-state index < -0.39 is 12.0 Å². The van der Waals surface area contributed by atoms with Crippen LogP contribution in [0, 0.1) is 0 Å². The fraction of sp³-hybridized carbons (Fsp3) is 0.529. The zero-order chi connectivity index (χ0) is 16.9. The summed E-state index contributed by atoms with van der Waals surface area (Å²) >= 11 is 0. The molecule has 0 bridgehead atoms. The van der Waals surface area contributed by atoms with Crippen LogP contribution in [0.2, 0.25) is 0 Å². The third-order valence-corrected chi connectivity index (χ3v) is 7.44. The maximum atomic E-state index is 12.5. The SMILES string of the molecule is O=C(O)C1Cc2ccccc2N1C(=O)NCCCCC1CCSS1. The van der Waals surface area contributed by atoms with Crippen LogP contribution in [-0.2, 0) is 11.2 Å². The second-order valence-corrected chi connectivity index (χ2v) is 8.90. The lowest BCUT2D eigenvalue weighted by Gasteiger charge is -2.23. The highest BCUT2D eigenvalue weighted by atomic mass is 33.1. The van der Waals surface area contributed by atoms with Crippen LogP contribution >= 0.6 is 21.6 Å². The molecule has 0 radical (unpaired) electrons. The molecule has 0 aliphatic carbocycles. The van der Waals surface area contributed by atoms with Gasteiger partial charge in [0.15, 0.2) is 0 Å². The Hall–Kier alpha value is -1.34. The molecule has 3 rings (SSSR count). The highest BCUT2D eigenvalue weighted by molar-refractivity contribution is 8.77. The van der Waals surface area contributed by atoms with Crippen molar-refractivity contribution in [2.75, 3.05) is 17.2 Å². The molecule has 0 saturated carbocycles. The number of carboxylic acid groups (broad SMARTS) is 1. The number of amides is 2. The smallest absolute Gasteiger partial charge is 0.327 e. The van der Waals surface area contributed by atoms with Crippen molar-refractivity contribution >= 4 is 39.3 Å². The van der Waals surface area contributed by atoms with Gasteiger partial charge < -0.3 is 10.4 Å². The van der Waals surface area contributed by atoms with Crippen LogP contribution in [0.25, 0.3) is 0 Å². The number of hydrogen-bond acceptors (Lipinski definition) is 4. The van der Waals surface area contributed by atoms with E-state index in [1.807, 2.05) is 45.9 Å². The van der Waals surface area contributed by atoms with Gasteiger partial charge in [-0.1, -0.05) is 46.2 Å². The summed E-state index contributed by atoms with van der Waals surface area (Å²) in [5.74, 6) is 0.286. The maximum Gasteiger partial charge on any atom is 0.327 e. The van der Waals surface area contributed by atoms with E-state index in [1.54, 1.807) is 0 Å². The van der Waals surface area contributed by atoms with E-state index in [4.69, 9.17) is 0 Å². The zero-order valence-electron chi connectivity index (χ0n) is 13.4. The fourth-order valence-electron chi connectivity index (χ4n) is 3.18. The Morgan fingerprint density at radius 3 is 2.88 bits per heavy atom. The molecule has 2 amide bonds. The molecule has 5 nitrogen and oxygen atoms in total. The van der Waals surface area contributed by atoms with Gasteiger partial charge in [0.2, 0.25) is 0 Å². The number of carbonyl (C=O) groups excluding carboxylic acids is 1. The third-order valence-electron chi connectivity index (χ3n) is 4.44. The minimum atomic E-state index is -0.961. The highest BCUT2D eigenvalue weighted by Gasteiger charge is 2.38. The molecule has 2 aliphatic heterocycles. The summed E-state index contributed by atoms with van der Waals surface area (Å²) in [5.41, 5.74) is 1.62. The van der Waals surface area contributed by atoms with Gasteiger partial charge in [-0.25, -0.2) is 9.59 Å². The number of nitrogens with zero attached hydrogens (tertiary/aromatic N) is 1. The first-order valence-corrected chi connectivity index (χ1v) is 10.7. The van der Waals surface area contributed by atoms with E-state index >= 15 is 0 Å². The Kier molecular flexibility index (Phi) is 5.94. The number of benzene rings is 1. The monoisotopic (exact) mass is 366 g/mol. The fourth-order valence-corrected chi connectivity index (χ4v) is 6.20. The Labute approximate surface area is 150 Å². The number of hydrogen-bond donors (Lipinski definition) is 2. The van der Waals surface area contributed by atoms with Crippen LogP contribution < -0.4 is 10.2 Å². The third kappa shape index (κ3) is 4.00. The number of fused-ring (bicyclic) bond motifs is 1. The van der Waals surface area contributed by atoms with Crippen LogP contribution in [-0.4, -0.2) is 40.7 Å². The predicted octanol–water partition coefficient (Wildman–Crippen LogP) is 3.54. The summed E-state index contributed by atoms with van der Waals surface area (Å²) in [4.78, 5) is 25.4. The van der Waals surface area contributed by atoms with Crippen molar-refractivity contribution in [3.8, 4) is 0 Å². The van der Waals surface area contributed by atoms with Crippen molar-refractivity contribution in [1.82, 2.24) is 5.32 Å². The first-order valence-electron chi connectivity index (χ1n) is 8.33. The molecule has 1 aromatic carbocycles. The molecular formula is C17H22N2O3S2. The number of aliphatic carboxylic acids is 1. The molecule has 0 spiro atoms. The summed E-state index contributed by atoms with van der Waals surface area (Å²) in [6.07, 6.45) is 4.87. The van der Waals surface area contributed by atoms with Gasteiger partial charge in [0.1, 0.15) is 6.04 Å². The number of rotatable bonds is 6. The Balaban J connectivity index is 1.50. The lowest BCUT2D eigenvalue weighted by atomic mass is 10.1. The summed E-state index contributed by atoms with van der Waals surface area (Å²) in [7, 11) is 3.93. The van der Waals surface area contributed by atoms with Gasteiger partial charge >= 0.3 is 12.0 Å². The van der Waals surface area contributed by atoms with Crippen molar-refractivity contribution in [2.45, 2.75) is 43.4 Å². The lowest BCUT2D eigenvalue weighted by Crippen LogP contribution is -2.48. The summed E-state index contributed by atoms with van der Waals surface area (Å²) in [6.45, 7) is 0.592. The molecule has 1 fully saturated rings. The van der Waals surface area contributed by atoms with Crippen molar-refractivity contribution in [2.24, 2.45) is 0 Å². The molecule has 24 heavy (non-hydrogen) atoms. The number of carboxylic acids is 1. The largest absolute Gasteiger partial charge is 0.480 e. The van der Waals surface area contributed by atoms with Gasteiger partial charge in [-0.3, -0.25) is 4.90 Å². The van der Waals surface area contributed by atoms with Gasteiger partial charge in [0.25, 0.3) is 0 Å². The molecule has 2 atom stereocenters.